The number of para-hydroxylation sites is 2. The van der Waals surface area contributed by atoms with Gasteiger partial charge >= 0.3 is 0 Å². The highest BCUT2D eigenvalue weighted by atomic mass is 32.2. The van der Waals surface area contributed by atoms with Crippen LogP contribution in [0.3, 0.4) is 0 Å². The number of nitrogens with zero attached hydrogens (tertiary/aromatic N) is 2. The molecule has 11 nitrogen and oxygen atoms in total. The molecule has 0 aliphatic carbocycles. The zero-order valence-corrected chi connectivity index (χ0v) is 26.7. The fourth-order valence-electron chi connectivity index (χ4n) is 5.41. The maximum atomic E-state index is 13.4. The molecule has 1 amide bonds. The van der Waals surface area contributed by atoms with Crippen molar-refractivity contribution in [3.63, 3.8) is 0 Å². The molecule has 0 saturated heterocycles. The van der Waals surface area contributed by atoms with Crippen molar-refractivity contribution in [2.75, 3.05) is 33.4 Å². The fourth-order valence-corrected chi connectivity index (χ4v) is 7.85. The molecule has 0 saturated carbocycles. The van der Waals surface area contributed by atoms with Gasteiger partial charge in [-0.15, -0.1) is 11.3 Å². The van der Waals surface area contributed by atoms with E-state index in [-0.39, 0.29) is 49.4 Å². The van der Waals surface area contributed by atoms with Crippen LogP contribution in [0.25, 0.3) is 21.1 Å². The molecule has 0 radical (unpaired) electrons. The quantitative estimate of drug-likeness (QED) is 0.167. The third-order valence-electron chi connectivity index (χ3n) is 7.74. The summed E-state index contributed by atoms with van der Waals surface area (Å²) in [6, 6.07) is 21.8. The number of fused-ring (bicyclic) bond motifs is 2. The number of carbonyl (C=O) groups excluding carboxylic acids is 1. The van der Waals surface area contributed by atoms with Gasteiger partial charge in [-0.3, -0.25) is 4.79 Å². The Hall–Kier alpha value is -4.27. The Morgan fingerprint density at radius 1 is 1.11 bits per heavy atom. The summed E-state index contributed by atoms with van der Waals surface area (Å²) in [4.78, 5) is 21.2. The number of hydrogen-bond acceptors (Lipinski definition) is 9. The minimum absolute atomic E-state index is 0.0228. The van der Waals surface area contributed by atoms with Crippen molar-refractivity contribution in [3.05, 3.63) is 101 Å². The number of sulfonamides is 1. The Morgan fingerprint density at radius 3 is 2.67 bits per heavy atom. The van der Waals surface area contributed by atoms with Crippen LogP contribution >= 0.6 is 11.3 Å². The minimum Gasteiger partial charge on any atom is -0.497 e. The van der Waals surface area contributed by atoms with Crippen molar-refractivity contribution in [2.45, 2.75) is 30.1 Å². The molecule has 1 aliphatic rings. The number of ether oxygens (including phenoxy) is 3. The summed E-state index contributed by atoms with van der Waals surface area (Å²) in [6.45, 7) is -0.350. The third kappa shape index (κ3) is 6.93. The predicted octanol–water partition coefficient (Wildman–Crippen LogP) is 4.52. The number of rotatable bonds is 13. The Kier molecular flexibility index (Phi) is 9.66. The molecule has 2 aromatic heterocycles. The number of imidazole rings is 1. The average molecular weight is 663 g/mol. The summed E-state index contributed by atoms with van der Waals surface area (Å²) in [5.41, 5.74) is 2.74. The largest absolute Gasteiger partial charge is 0.497 e. The van der Waals surface area contributed by atoms with Gasteiger partial charge in [-0.25, -0.2) is 13.4 Å². The van der Waals surface area contributed by atoms with E-state index >= 15 is 0 Å². The van der Waals surface area contributed by atoms with Crippen molar-refractivity contribution in [1.82, 2.24) is 19.6 Å². The van der Waals surface area contributed by atoms with Crippen LogP contribution in [-0.4, -0.2) is 73.4 Å². The normalized spacial score (nSPS) is 16.8. The molecule has 0 unspecified atom stereocenters. The lowest BCUT2D eigenvalue weighted by atomic mass is 9.92. The second-order valence-corrected chi connectivity index (χ2v) is 13.5. The molecule has 1 aliphatic heterocycles. The van der Waals surface area contributed by atoms with E-state index in [4.69, 9.17) is 14.2 Å². The number of amides is 1. The van der Waals surface area contributed by atoms with E-state index in [2.05, 4.69) is 32.8 Å². The second kappa shape index (κ2) is 14.0. The summed E-state index contributed by atoms with van der Waals surface area (Å²) < 4.78 is 46.2. The Labute approximate surface area is 270 Å². The van der Waals surface area contributed by atoms with E-state index in [1.165, 1.54) is 19.2 Å². The first-order valence-electron chi connectivity index (χ1n) is 14.8. The monoisotopic (exact) mass is 662 g/mol. The number of aromatic amines is 1. The van der Waals surface area contributed by atoms with Crippen LogP contribution < -0.4 is 10.1 Å². The van der Waals surface area contributed by atoms with Crippen LogP contribution in [0.1, 0.15) is 23.7 Å². The number of aliphatic hydroxyl groups is 1. The zero-order valence-electron chi connectivity index (χ0n) is 25.1. The highest BCUT2D eigenvalue weighted by Gasteiger charge is 2.31. The smallest absolute Gasteiger partial charge is 0.286 e. The maximum Gasteiger partial charge on any atom is 0.286 e. The molecule has 0 bridgehead atoms. The number of aliphatic hydroxyl groups excluding tert-OH is 1. The summed E-state index contributed by atoms with van der Waals surface area (Å²) in [5.74, 6) is 0.663. The maximum absolute atomic E-state index is 13.4. The summed E-state index contributed by atoms with van der Waals surface area (Å²) >= 11 is 1.63. The van der Waals surface area contributed by atoms with Crippen LogP contribution in [0, 0.1) is 0 Å². The molecule has 46 heavy (non-hydrogen) atoms. The van der Waals surface area contributed by atoms with Gasteiger partial charge in [0, 0.05) is 30.1 Å². The molecule has 13 heteroatoms. The Bertz CT molecular complexity index is 1920. The molecule has 5 aromatic rings. The molecule has 3 aromatic carbocycles. The van der Waals surface area contributed by atoms with E-state index in [1.54, 1.807) is 23.5 Å². The van der Waals surface area contributed by atoms with Crippen molar-refractivity contribution in [1.29, 1.82) is 0 Å². The molecule has 240 valence electrons. The Morgan fingerprint density at radius 2 is 1.89 bits per heavy atom. The molecule has 2 atom stereocenters. The molecule has 6 rings (SSSR count). The van der Waals surface area contributed by atoms with Crippen LogP contribution in [0.4, 0.5) is 0 Å². The predicted molar refractivity (Wildman–Crippen MR) is 175 cm³/mol. The number of H-pyrrole nitrogens is 1. The number of thiophene rings is 1. The third-order valence-corrected chi connectivity index (χ3v) is 10.6. The Balaban J connectivity index is 1.17. The van der Waals surface area contributed by atoms with E-state index in [0.29, 0.717) is 18.0 Å². The van der Waals surface area contributed by atoms with Gasteiger partial charge in [0.25, 0.3) is 5.91 Å². The number of aromatic nitrogens is 2. The van der Waals surface area contributed by atoms with E-state index in [9.17, 15) is 18.3 Å². The lowest BCUT2D eigenvalue weighted by Gasteiger charge is -2.30. The van der Waals surface area contributed by atoms with Gasteiger partial charge in [-0.1, -0.05) is 30.3 Å². The van der Waals surface area contributed by atoms with Crippen molar-refractivity contribution in [3.8, 4) is 5.75 Å². The van der Waals surface area contributed by atoms with Gasteiger partial charge in [0.05, 0.1) is 42.8 Å². The first kappa shape index (κ1) is 31.7. The number of methoxy groups -OCH3 is 1. The SMILES string of the molecule is COc1ccc(S(=O)(=O)N(CCO)CCO[C@@H]2C[C@H](c3csc4ccccc34)C=C(C(=O)NCc3nc4ccccc4[nH]3)O2)cc1. The molecule has 3 heterocycles. The topological polar surface area (TPSA) is 143 Å². The van der Waals surface area contributed by atoms with Crippen molar-refractivity contribution in [2.24, 2.45) is 0 Å². The molecule has 3 N–H and O–H groups in total. The minimum atomic E-state index is -3.92. The lowest BCUT2D eigenvalue weighted by molar-refractivity contribution is -0.146. The molecular weight excluding hydrogens is 629 g/mol. The van der Waals surface area contributed by atoms with E-state index < -0.39 is 22.2 Å². The van der Waals surface area contributed by atoms with Gasteiger partial charge in [-0.05, 0) is 64.9 Å². The zero-order chi connectivity index (χ0) is 32.1. The summed E-state index contributed by atoms with van der Waals surface area (Å²) in [6.07, 6.45) is 1.42. The first-order valence-corrected chi connectivity index (χ1v) is 17.1. The first-order chi connectivity index (χ1) is 22.4. The molecule has 0 spiro atoms. The number of hydrogen-bond donors (Lipinski definition) is 3. The van der Waals surface area contributed by atoms with Gasteiger partial charge < -0.3 is 29.6 Å². The molecule has 0 fully saturated rings. The van der Waals surface area contributed by atoms with Crippen molar-refractivity contribution < 1.29 is 32.5 Å². The number of benzene rings is 3. The average Bonchev–Trinajstić information content (AvgIpc) is 3.71. The van der Waals surface area contributed by atoms with Crippen LogP contribution in [0.15, 0.2) is 94.9 Å². The van der Waals surface area contributed by atoms with Gasteiger partial charge in [0.15, 0.2) is 5.76 Å². The summed E-state index contributed by atoms with van der Waals surface area (Å²) in [5, 5.41) is 15.7. The van der Waals surface area contributed by atoms with E-state index in [0.717, 1.165) is 31.0 Å². The standard InChI is InChI=1S/C33H34N4O7S2/c1-42-23-10-12-24(13-11-23)46(40,41)37(14-16-38)15-17-43-32-19-22(26-21-45-30-9-5-2-6-25(26)30)18-29(44-32)33(39)34-20-31-35-27-7-3-4-8-28(27)36-31/h2-13,18,21-22,32,38H,14-17,19-20H2,1H3,(H,34,39)(H,35,36)/t22-,32+/m1/s1. The second-order valence-electron chi connectivity index (χ2n) is 10.7. The molecular formula is C33H34N4O7S2. The van der Waals surface area contributed by atoms with Crippen molar-refractivity contribution >= 4 is 48.4 Å². The van der Waals surface area contributed by atoms with Crippen LogP contribution in [0.5, 0.6) is 5.75 Å². The van der Waals surface area contributed by atoms with E-state index in [1.807, 2.05) is 42.5 Å². The highest BCUT2D eigenvalue weighted by molar-refractivity contribution is 7.89. The number of carbonyl (C=O) groups is 1. The van der Waals surface area contributed by atoms with Gasteiger partial charge in [-0.2, -0.15) is 4.31 Å². The van der Waals surface area contributed by atoms with Gasteiger partial charge in [0.2, 0.25) is 16.3 Å². The van der Waals surface area contributed by atoms with Crippen LogP contribution in [-0.2, 0) is 30.8 Å². The van der Waals surface area contributed by atoms with Crippen LogP contribution in [0.2, 0.25) is 0 Å². The number of allylic oxidation sites excluding steroid dienone is 1. The highest BCUT2D eigenvalue weighted by Crippen LogP contribution is 2.38. The lowest BCUT2D eigenvalue weighted by Crippen LogP contribution is -2.38. The summed E-state index contributed by atoms with van der Waals surface area (Å²) in [7, 11) is -2.41. The fraction of sp³-hybridized carbons (Fsp3) is 0.273. The van der Waals surface area contributed by atoms with Gasteiger partial charge in [0.1, 0.15) is 11.6 Å². The number of nitrogens with one attached hydrogen (secondary N) is 2.